The fourth-order valence-electron chi connectivity index (χ4n) is 1.91. The zero-order valence-corrected chi connectivity index (χ0v) is 13.7. The van der Waals surface area contributed by atoms with Crippen LogP contribution in [0.4, 0.5) is 0 Å². The van der Waals surface area contributed by atoms with E-state index in [-0.39, 0.29) is 0 Å². The molecule has 0 amide bonds. The van der Waals surface area contributed by atoms with Gasteiger partial charge in [0.05, 0.1) is 0 Å². The average molecular weight is 371 g/mol. The first kappa shape index (κ1) is 14.0. The number of halogens is 1. The second-order valence-corrected chi connectivity index (χ2v) is 7.25. The molecule has 2 rings (SSSR count). The van der Waals surface area contributed by atoms with Gasteiger partial charge < -0.3 is 5.32 Å². The quantitative estimate of drug-likeness (QED) is 0.770. The lowest BCUT2D eigenvalue weighted by Crippen LogP contribution is -2.27. The Balaban J connectivity index is 1.83. The van der Waals surface area contributed by atoms with Crippen molar-refractivity contribution < 1.29 is 0 Å². The van der Waals surface area contributed by atoms with Crippen LogP contribution in [-0.4, -0.2) is 6.04 Å². The Morgan fingerprint density at radius 2 is 2.11 bits per heavy atom. The smallest absolute Gasteiger partial charge is 0.0208 e. The molecular weight excluding hydrogens is 353 g/mol. The van der Waals surface area contributed by atoms with Gasteiger partial charge in [0.15, 0.2) is 0 Å². The summed E-state index contributed by atoms with van der Waals surface area (Å²) in [5.41, 5.74) is 1.36. The molecule has 3 heteroatoms. The number of nitrogens with one attached hydrogen (secondary N) is 1. The number of hydrogen-bond acceptors (Lipinski definition) is 2. The summed E-state index contributed by atoms with van der Waals surface area (Å²) in [6, 6.07) is 13.6. The van der Waals surface area contributed by atoms with E-state index in [2.05, 4.69) is 78.2 Å². The van der Waals surface area contributed by atoms with E-state index in [1.807, 2.05) is 11.3 Å². The molecule has 2 aromatic rings. The Labute approximate surface area is 127 Å². The predicted octanol–water partition coefficient (Wildman–Crippen LogP) is 4.38. The molecule has 1 nitrogen and oxygen atoms in total. The van der Waals surface area contributed by atoms with E-state index < -0.39 is 0 Å². The second kappa shape index (κ2) is 6.68. The summed E-state index contributed by atoms with van der Waals surface area (Å²) >= 11 is 4.26. The van der Waals surface area contributed by atoms with E-state index in [0.717, 1.165) is 13.0 Å². The van der Waals surface area contributed by atoms with Crippen LogP contribution in [0.1, 0.15) is 22.2 Å². The monoisotopic (exact) mass is 371 g/mol. The summed E-state index contributed by atoms with van der Waals surface area (Å²) in [5, 5.41) is 3.59. The predicted molar refractivity (Wildman–Crippen MR) is 88.2 cm³/mol. The van der Waals surface area contributed by atoms with Gasteiger partial charge in [-0.1, -0.05) is 12.1 Å². The van der Waals surface area contributed by atoms with Crippen molar-refractivity contribution in [2.24, 2.45) is 0 Å². The van der Waals surface area contributed by atoms with Crippen LogP contribution in [0.5, 0.6) is 0 Å². The van der Waals surface area contributed by atoms with Crippen molar-refractivity contribution in [2.75, 3.05) is 0 Å². The van der Waals surface area contributed by atoms with Crippen LogP contribution in [0, 0.1) is 10.5 Å². The normalized spacial score (nSPS) is 12.6. The largest absolute Gasteiger partial charge is 0.310 e. The van der Waals surface area contributed by atoms with Gasteiger partial charge in [0.2, 0.25) is 0 Å². The minimum absolute atomic E-state index is 0.515. The molecule has 1 aromatic heterocycles. The molecule has 0 aliphatic heterocycles. The zero-order valence-electron chi connectivity index (χ0n) is 10.7. The highest BCUT2D eigenvalue weighted by Gasteiger charge is 2.05. The number of aryl methyl sites for hydroxylation is 1. The van der Waals surface area contributed by atoms with Crippen LogP contribution in [0.3, 0.4) is 0 Å². The summed E-state index contributed by atoms with van der Waals surface area (Å²) in [6.07, 6.45) is 1.11. The summed E-state index contributed by atoms with van der Waals surface area (Å²) < 4.78 is 1.30. The fourth-order valence-corrected chi connectivity index (χ4v) is 3.53. The van der Waals surface area contributed by atoms with Gasteiger partial charge in [-0.2, -0.15) is 0 Å². The van der Waals surface area contributed by atoms with E-state index in [0.29, 0.717) is 6.04 Å². The van der Waals surface area contributed by atoms with Gasteiger partial charge in [0, 0.05) is 25.9 Å². The van der Waals surface area contributed by atoms with Crippen molar-refractivity contribution in [3.63, 3.8) is 0 Å². The molecule has 0 saturated carbocycles. The molecule has 0 aliphatic rings. The van der Waals surface area contributed by atoms with E-state index in [1.165, 1.54) is 18.9 Å². The maximum absolute atomic E-state index is 3.59. The highest BCUT2D eigenvalue weighted by atomic mass is 127. The van der Waals surface area contributed by atoms with Crippen LogP contribution < -0.4 is 5.32 Å². The molecular formula is C15H18INS. The third-order valence-corrected chi connectivity index (χ3v) is 4.54. The van der Waals surface area contributed by atoms with E-state index in [1.54, 1.807) is 0 Å². The van der Waals surface area contributed by atoms with Crippen molar-refractivity contribution in [2.45, 2.75) is 32.9 Å². The van der Waals surface area contributed by atoms with Gasteiger partial charge in [-0.15, -0.1) is 11.3 Å². The van der Waals surface area contributed by atoms with Crippen molar-refractivity contribution in [3.8, 4) is 0 Å². The average Bonchev–Trinajstić information content (AvgIpc) is 2.72. The van der Waals surface area contributed by atoms with Crippen molar-refractivity contribution in [1.29, 1.82) is 0 Å². The van der Waals surface area contributed by atoms with Gasteiger partial charge in [0.1, 0.15) is 0 Å². The van der Waals surface area contributed by atoms with Crippen LogP contribution in [-0.2, 0) is 13.0 Å². The Hall–Kier alpha value is -0.390. The lowest BCUT2D eigenvalue weighted by Gasteiger charge is -2.13. The molecule has 1 atom stereocenters. The lowest BCUT2D eigenvalue weighted by molar-refractivity contribution is 0.548. The second-order valence-electron chi connectivity index (χ2n) is 4.63. The standard InChI is InChI=1S/C15H18INS/c1-11(8-15-7-6-12(2)18-15)17-10-13-4-3-5-14(16)9-13/h3-7,9,11,17H,8,10H2,1-2H3. The number of benzene rings is 1. The topological polar surface area (TPSA) is 12.0 Å². The number of hydrogen-bond donors (Lipinski definition) is 1. The molecule has 1 aromatic carbocycles. The maximum atomic E-state index is 3.59. The van der Waals surface area contributed by atoms with E-state index in [4.69, 9.17) is 0 Å². The van der Waals surface area contributed by atoms with Gasteiger partial charge in [-0.05, 0) is 72.7 Å². The first-order chi connectivity index (χ1) is 8.63. The van der Waals surface area contributed by atoms with Crippen molar-refractivity contribution in [1.82, 2.24) is 5.32 Å². The molecule has 0 aliphatic carbocycles. The lowest BCUT2D eigenvalue weighted by atomic mass is 10.2. The molecule has 1 heterocycles. The molecule has 0 saturated heterocycles. The Kier molecular flexibility index (Phi) is 5.21. The van der Waals surface area contributed by atoms with Gasteiger partial charge in [-0.25, -0.2) is 0 Å². The van der Waals surface area contributed by atoms with Crippen LogP contribution in [0.2, 0.25) is 0 Å². The van der Waals surface area contributed by atoms with Crippen molar-refractivity contribution >= 4 is 33.9 Å². The third kappa shape index (κ3) is 4.37. The molecule has 1 unspecified atom stereocenters. The summed E-state index contributed by atoms with van der Waals surface area (Å²) in [5.74, 6) is 0. The van der Waals surface area contributed by atoms with E-state index >= 15 is 0 Å². The van der Waals surface area contributed by atoms with Gasteiger partial charge in [0.25, 0.3) is 0 Å². The number of rotatable bonds is 5. The minimum Gasteiger partial charge on any atom is -0.310 e. The Morgan fingerprint density at radius 1 is 1.28 bits per heavy atom. The molecule has 18 heavy (non-hydrogen) atoms. The zero-order chi connectivity index (χ0) is 13.0. The first-order valence-electron chi connectivity index (χ1n) is 6.16. The Morgan fingerprint density at radius 3 is 2.78 bits per heavy atom. The fraction of sp³-hybridized carbons (Fsp3) is 0.333. The molecule has 96 valence electrons. The minimum atomic E-state index is 0.515. The molecule has 1 N–H and O–H groups in total. The highest BCUT2D eigenvalue weighted by Crippen LogP contribution is 2.17. The van der Waals surface area contributed by atoms with Gasteiger partial charge >= 0.3 is 0 Å². The van der Waals surface area contributed by atoms with Gasteiger partial charge in [-0.3, -0.25) is 0 Å². The molecule has 0 bridgehead atoms. The van der Waals surface area contributed by atoms with E-state index in [9.17, 15) is 0 Å². The van der Waals surface area contributed by atoms with Crippen LogP contribution in [0.15, 0.2) is 36.4 Å². The third-order valence-electron chi connectivity index (χ3n) is 2.85. The van der Waals surface area contributed by atoms with Crippen molar-refractivity contribution in [3.05, 3.63) is 55.3 Å². The van der Waals surface area contributed by atoms with Crippen LogP contribution in [0.25, 0.3) is 0 Å². The summed E-state index contributed by atoms with van der Waals surface area (Å²) in [7, 11) is 0. The first-order valence-corrected chi connectivity index (χ1v) is 8.06. The molecule has 0 spiro atoms. The molecule has 0 radical (unpaired) electrons. The summed E-state index contributed by atoms with van der Waals surface area (Å²) in [6.45, 7) is 5.36. The summed E-state index contributed by atoms with van der Waals surface area (Å²) in [4.78, 5) is 2.87. The number of thiophene rings is 1. The van der Waals surface area contributed by atoms with Crippen LogP contribution >= 0.6 is 33.9 Å². The molecule has 0 fully saturated rings. The highest BCUT2D eigenvalue weighted by molar-refractivity contribution is 14.1. The Bertz CT molecular complexity index is 507. The maximum Gasteiger partial charge on any atom is 0.0208 e. The SMILES string of the molecule is Cc1ccc(CC(C)NCc2cccc(I)c2)s1.